The molecule has 2 aromatic heterocycles. The number of piperidine rings is 1. The number of benzene rings is 1. The van der Waals surface area contributed by atoms with Crippen molar-refractivity contribution < 1.29 is 19.1 Å². The summed E-state index contributed by atoms with van der Waals surface area (Å²) in [4.78, 5) is 36.0. The molecule has 11 heteroatoms. The number of likely N-dealkylation sites (tertiary alicyclic amines) is 1. The summed E-state index contributed by atoms with van der Waals surface area (Å²) >= 11 is 11.6. The van der Waals surface area contributed by atoms with E-state index in [4.69, 9.17) is 33.3 Å². The topological polar surface area (TPSA) is 106 Å². The number of nitrogens with zero attached hydrogens (tertiary/aromatic N) is 3. The molecule has 1 atom stereocenters. The monoisotopic (exact) mass is 581 g/mol. The summed E-state index contributed by atoms with van der Waals surface area (Å²) in [6.45, 7) is 8.54. The molecular formula is C29H32ClN5O4S. The van der Waals surface area contributed by atoms with Gasteiger partial charge in [0.25, 0.3) is 5.91 Å². The van der Waals surface area contributed by atoms with E-state index in [0.717, 1.165) is 18.4 Å². The number of halogens is 1. The van der Waals surface area contributed by atoms with E-state index in [9.17, 15) is 9.59 Å². The van der Waals surface area contributed by atoms with E-state index in [2.05, 4.69) is 20.6 Å². The van der Waals surface area contributed by atoms with Gasteiger partial charge < -0.3 is 25.0 Å². The first kappa shape index (κ1) is 29.2. The van der Waals surface area contributed by atoms with Crippen LogP contribution in [-0.4, -0.2) is 56.7 Å². The first-order valence-corrected chi connectivity index (χ1v) is 13.7. The third-order valence-electron chi connectivity index (χ3n) is 5.95. The fraction of sp³-hybridized carbons (Fsp3) is 0.345. The molecule has 0 radical (unpaired) electrons. The number of aryl methyl sites for hydroxylation is 1. The lowest BCUT2D eigenvalue weighted by molar-refractivity contribution is 0.00773. The van der Waals surface area contributed by atoms with Gasteiger partial charge in [0, 0.05) is 18.9 Å². The Balaban J connectivity index is 1.49. The van der Waals surface area contributed by atoms with Gasteiger partial charge in [-0.1, -0.05) is 29.9 Å². The highest BCUT2D eigenvalue weighted by Crippen LogP contribution is 2.27. The first-order valence-electron chi connectivity index (χ1n) is 12.9. The van der Waals surface area contributed by atoms with Crippen molar-refractivity contribution in [3.63, 3.8) is 0 Å². The van der Waals surface area contributed by atoms with E-state index in [-0.39, 0.29) is 17.9 Å². The quantitative estimate of drug-likeness (QED) is 0.329. The number of ether oxygens (including phenoxy) is 2. The van der Waals surface area contributed by atoms with Crippen LogP contribution in [0.2, 0.25) is 5.02 Å². The standard InChI is InChI=1S/C29H32ClN5O4S/c1-18-9-11-21(23(15-18)38-20-7-6-14-35(17-20)28(37)39-29(2,3)4)27(40)33-22-8-5-13-31-25(22)26(36)34-24-12-10-19(30)16-32-24/h5,8-13,15-16,20H,6-7,14,17H2,1-4H3,(H,33,40)(H,32,34,36). The van der Waals surface area contributed by atoms with Crippen LogP contribution in [0.1, 0.15) is 55.2 Å². The van der Waals surface area contributed by atoms with Crippen LogP contribution in [0.3, 0.4) is 0 Å². The second kappa shape index (κ2) is 12.6. The average Bonchev–Trinajstić information content (AvgIpc) is 2.89. The van der Waals surface area contributed by atoms with Gasteiger partial charge in [-0.15, -0.1) is 0 Å². The number of rotatable bonds is 6. The largest absolute Gasteiger partial charge is 0.488 e. The van der Waals surface area contributed by atoms with E-state index in [1.165, 1.54) is 12.4 Å². The summed E-state index contributed by atoms with van der Waals surface area (Å²) < 4.78 is 12.0. The number of carbonyl (C=O) groups excluding carboxylic acids is 2. The Labute approximate surface area is 244 Å². The minimum atomic E-state index is -0.570. The average molecular weight is 582 g/mol. The summed E-state index contributed by atoms with van der Waals surface area (Å²) in [5.41, 5.74) is 1.67. The van der Waals surface area contributed by atoms with Crippen LogP contribution in [-0.2, 0) is 4.74 Å². The molecule has 0 spiro atoms. The SMILES string of the molecule is Cc1ccc(C(=S)Nc2cccnc2C(=O)Nc2ccc(Cl)cn2)c(OC2CCCN(C(=O)OC(C)(C)C)C2)c1. The Hall–Kier alpha value is -3.76. The van der Waals surface area contributed by atoms with Crippen molar-refractivity contribution in [1.82, 2.24) is 14.9 Å². The number of nitrogens with one attached hydrogen (secondary N) is 2. The molecule has 4 rings (SSSR count). The van der Waals surface area contributed by atoms with Crippen molar-refractivity contribution in [1.29, 1.82) is 0 Å². The van der Waals surface area contributed by atoms with Crippen LogP contribution in [0.4, 0.5) is 16.3 Å². The second-order valence-corrected chi connectivity index (χ2v) is 11.3. The molecule has 1 aromatic carbocycles. The number of thiocarbonyl (C=S) groups is 1. The maximum atomic E-state index is 13.0. The van der Waals surface area contributed by atoms with Crippen LogP contribution < -0.4 is 15.4 Å². The maximum Gasteiger partial charge on any atom is 0.410 e. The molecule has 1 aliphatic heterocycles. The number of pyridine rings is 2. The van der Waals surface area contributed by atoms with E-state index >= 15 is 0 Å². The zero-order chi connectivity index (χ0) is 28.9. The Morgan fingerprint density at radius 2 is 1.93 bits per heavy atom. The lowest BCUT2D eigenvalue weighted by atomic mass is 10.1. The predicted octanol–water partition coefficient (Wildman–Crippen LogP) is 6.26. The Bertz CT molecular complexity index is 1390. The van der Waals surface area contributed by atoms with Crippen LogP contribution in [0.25, 0.3) is 0 Å². The number of amides is 2. The lowest BCUT2D eigenvalue weighted by Crippen LogP contribution is -2.46. The summed E-state index contributed by atoms with van der Waals surface area (Å²) in [5, 5.41) is 6.34. The molecule has 2 amide bonds. The highest BCUT2D eigenvalue weighted by atomic mass is 35.5. The van der Waals surface area contributed by atoms with Crippen molar-refractivity contribution in [3.05, 3.63) is 76.7 Å². The van der Waals surface area contributed by atoms with Gasteiger partial charge in [-0.25, -0.2) is 14.8 Å². The summed E-state index contributed by atoms with van der Waals surface area (Å²) in [7, 11) is 0. The number of hydrogen-bond acceptors (Lipinski definition) is 7. The molecule has 9 nitrogen and oxygen atoms in total. The van der Waals surface area contributed by atoms with Crippen LogP contribution in [0, 0.1) is 6.92 Å². The molecule has 1 fully saturated rings. The number of anilines is 2. The third-order valence-corrected chi connectivity index (χ3v) is 6.49. The van der Waals surface area contributed by atoms with Crippen molar-refractivity contribution in [2.24, 2.45) is 0 Å². The summed E-state index contributed by atoms with van der Waals surface area (Å²) in [6.07, 6.45) is 3.98. The fourth-order valence-electron chi connectivity index (χ4n) is 4.12. The third kappa shape index (κ3) is 7.89. The molecule has 3 heterocycles. The molecule has 40 heavy (non-hydrogen) atoms. The molecule has 2 N–H and O–H groups in total. The molecule has 0 saturated carbocycles. The molecular weight excluding hydrogens is 550 g/mol. The summed E-state index contributed by atoms with van der Waals surface area (Å²) in [5.74, 6) is 0.482. The van der Waals surface area contributed by atoms with E-state index in [1.807, 2.05) is 45.9 Å². The maximum absolute atomic E-state index is 13.0. The van der Waals surface area contributed by atoms with Crippen LogP contribution in [0.15, 0.2) is 54.9 Å². The Morgan fingerprint density at radius 3 is 2.65 bits per heavy atom. The minimum Gasteiger partial charge on any atom is -0.488 e. The molecule has 1 saturated heterocycles. The van der Waals surface area contributed by atoms with Gasteiger partial charge in [0.15, 0.2) is 5.69 Å². The number of hydrogen-bond donors (Lipinski definition) is 2. The van der Waals surface area contributed by atoms with Crippen molar-refractivity contribution in [2.75, 3.05) is 23.7 Å². The van der Waals surface area contributed by atoms with Crippen molar-refractivity contribution in [3.8, 4) is 5.75 Å². The normalized spacial score (nSPS) is 15.2. The van der Waals surface area contributed by atoms with Crippen molar-refractivity contribution >= 4 is 52.3 Å². The molecule has 0 bridgehead atoms. The van der Waals surface area contributed by atoms with Gasteiger partial charge in [-0.05, 0) is 82.5 Å². The van der Waals surface area contributed by atoms with E-state index < -0.39 is 11.5 Å². The number of carbonyl (C=O) groups is 2. The van der Waals surface area contributed by atoms with Crippen LogP contribution in [0.5, 0.6) is 5.75 Å². The van der Waals surface area contributed by atoms with Crippen molar-refractivity contribution in [2.45, 2.75) is 52.2 Å². The molecule has 210 valence electrons. The van der Waals surface area contributed by atoms with Gasteiger partial charge in [0.1, 0.15) is 28.3 Å². The summed E-state index contributed by atoms with van der Waals surface area (Å²) in [6, 6.07) is 12.4. The molecule has 1 unspecified atom stereocenters. The van der Waals surface area contributed by atoms with Gasteiger partial charge in [0.2, 0.25) is 0 Å². The van der Waals surface area contributed by atoms with Gasteiger partial charge >= 0.3 is 6.09 Å². The highest BCUT2D eigenvalue weighted by Gasteiger charge is 2.29. The Kier molecular flexibility index (Phi) is 9.21. The van der Waals surface area contributed by atoms with E-state index in [0.29, 0.717) is 45.9 Å². The number of aromatic nitrogens is 2. The smallest absolute Gasteiger partial charge is 0.410 e. The van der Waals surface area contributed by atoms with E-state index in [1.54, 1.807) is 29.2 Å². The lowest BCUT2D eigenvalue weighted by Gasteiger charge is -2.34. The van der Waals surface area contributed by atoms with Gasteiger partial charge in [-0.2, -0.15) is 0 Å². The fourth-order valence-corrected chi connectivity index (χ4v) is 4.51. The zero-order valence-corrected chi connectivity index (χ0v) is 24.4. The van der Waals surface area contributed by atoms with Gasteiger partial charge in [-0.3, -0.25) is 4.79 Å². The second-order valence-electron chi connectivity index (χ2n) is 10.5. The molecule has 3 aromatic rings. The zero-order valence-electron chi connectivity index (χ0n) is 22.9. The van der Waals surface area contributed by atoms with Gasteiger partial charge in [0.05, 0.1) is 22.8 Å². The van der Waals surface area contributed by atoms with Crippen LogP contribution >= 0.6 is 23.8 Å². The molecule has 1 aliphatic rings. The molecule has 0 aliphatic carbocycles. The predicted molar refractivity (Wildman–Crippen MR) is 159 cm³/mol. The first-order chi connectivity index (χ1) is 19.0. The minimum absolute atomic E-state index is 0.150. The Morgan fingerprint density at radius 1 is 1.12 bits per heavy atom. The highest BCUT2D eigenvalue weighted by molar-refractivity contribution is 7.81.